The number of rotatable bonds is 1. The lowest BCUT2D eigenvalue weighted by molar-refractivity contribution is 0.497. The van der Waals surface area contributed by atoms with E-state index in [1.165, 1.54) is 0 Å². The molecule has 19 heavy (non-hydrogen) atoms. The van der Waals surface area contributed by atoms with Crippen molar-refractivity contribution in [2.24, 2.45) is 0 Å². The van der Waals surface area contributed by atoms with E-state index in [1.54, 1.807) is 6.66 Å². The Morgan fingerprint density at radius 2 is 1.79 bits per heavy atom. The van der Waals surface area contributed by atoms with Crippen LogP contribution < -0.4 is 9.83 Å². The molecular formula is C13H12O3P2S. The summed E-state index contributed by atoms with van der Waals surface area (Å²) in [6, 6.07) is 15.4. The van der Waals surface area contributed by atoms with Gasteiger partial charge in [0.2, 0.25) is 1.43 Å². The van der Waals surface area contributed by atoms with Gasteiger partial charge < -0.3 is 9.42 Å². The SMILES string of the molecule is CP1(=O)Oc2ccccc2-c2ccccc21.[2H]OP=S. The maximum absolute atomic E-state index is 12.4. The van der Waals surface area contributed by atoms with Gasteiger partial charge in [-0.15, -0.1) is 0 Å². The van der Waals surface area contributed by atoms with Crippen LogP contribution in [0.3, 0.4) is 0 Å². The van der Waals surface area contributed by atoms with Crippen molar-refractivity contribution in [2.45, 2.75) is 0 Å². The van der Waals surface area contributed by atoms with Gasteiger partial charge in [0.15, 0.2) is 0 Å². The van der Waals surface area contributed by atoms with Crippen LogP contribution in [0.5, 0.6) is 5.75 Å². The fourth-order valence-electron chi connectivity index (χ4n) is 2.06. The number of benzene rings is 2. The quantitative estimate of drug-likeness (QED) is 0.818. The van der Waals surface area contributed by atoms with E-state index in [0.29, 0.717) is 5.75 Å². The van der Waals surface area contributed by atoms with E-state index in [1.807, 2.05) is 48.5 Å². The second-order valence-electron chi connectivity index (χ2n) is 4.02. The minimum absolute atomic E-state index is 0.248. The molecule has 0 fully saturated rings. The molecule has 0 saturated heterocycles. The summed E-state index contributed by atoms with van der Waals surface area (Å²) in [5.74, 6) is 0.715. The molecule has 6 heteroatoms. The molecule has 0 saturated carbocycles. The lowest BCUT2D eigenvalue weighted by atomic mass is 10.0. The van der Waals surface area contributed by atoms with E-state index in [0.717, 1.165) is 16.4 Å². The highest BCUT2D eigenvalue weighted by Gasteiger charge is 2.30. The van der Waals surface area contributed by atoms with Crippen LogP contribution in [-0.4, -0.2) is 13.0 Å². The third-order valence-corrected chi connectivity index (χ3v) is 4.60. The van der Waals surface area contributed by atoms with Gasteiger partial charge >= 0.3 is 0 Å². The molecule has 1 aliphatic heterocycles. The first kappa shape index (κ1) is 13.0. The van der Waals surface area contributed by atoms with Gasteiger partial charge in [0, 0.05) is 12.2 Å². The van der Waals surface area contributed by atoms with Crippen molar-refractivity contribution in [1.82, 2.24) is 0 Å². The molecule has 0 radical (unpaired) electrons. The van der Waals surface area contributed by atoms with Crippen molar-refractivity contribution in [3.63, 3.8) is 0 Å². The predicted molar refractivity (Wildman–Crippen MR) is 82.2 cm³/mol. The molecule has 3 nitrogen and oxygen atoms in total. The summed E-state index contributed by atoms with van der Waals surface area (Å²) in [5.41, 5.74) is 2.04. The lowest BCUT2D eigenvalue weighted by Gasteiger charge is -2.25. The summed E-state index contributed by atoms with van der Waals surface area (Å²) in [4.78, 5) is 3.58. The van der Waals surface area contributed by atoms with Gasteiger partial charge in [0.25, 0.3) is 7.37 Å². The molecule has 1 N–H and O–H groups in total. The van der Waals surface area contributed by atoms with Crippen LogP contribution in [0.4, 0.5) is 0 Å². The molecule has 1 aliphatic rings. The van der Waals surface area contributed by atoms with Crippen LogP contribution in [0, 0.1) is 0 Å². The number of fused-ring (bicyclic) bond motifs is 3. The average molecular weight is 311 g/mol. The van der Waals surface area contributed by atoms with Crippen LogP contribution in [-0.2, 0) is 16.4 Å². The Morgan fingerprint density at radius 1 is 1.21 bits per heavy atom. The van der Waals surface area contributed by atoms with Gasteiger partial charge in [0.05, 0.1) is 5.30 Å². The second-order valence-corrected chi connectivity index (χ2v) is 6.98. The molecule has 0 aromatic heterocycles. The predicted octanol–water partition coefficient (Wildman–Crippen LogP) is 3.58. The summed E-state index contributed by atoms with van der Waals surface area (Å²) in [7, 11) is -2.46. The average Bonchev–Trinajstić information content (AvgIpc) is 2.47. The standard InChI is InChI=1S/C13H11O2P.HOPS/c1-16(14)13-9-5-3-7-11(13)10-6-2-4-8-12(10)15-16;1-2-3/h2-9H,1H3;(H,1,3)/i/hD. The van der Waals surface area contributed by atoms with E-state index in [2.05, 4.69) is 16.7 Å². The minimum atomic E-state index is -2.71. The fourth-order valence-corrected chi connectivity index (χ4v) is 3.68. The zero-order chi connectivity index (χ0) is 14.6. The van der Waals surface area contributed by atoms with Gasteiger partial charge in [-0.2, -0.15) is 0 Å². The minimum Gasteiger partial charge on any atom is -0.439 e. The molecule has 0 amide bonds. The molecule has 1 atom stereocenters. The normalized spacial score (nSPS) is 20.2. The maximum Gasteiger partial charge on any atom is 0.274 e. The van der Waals surface area contributed by atoms with Crippen molar-refractivity contribution in [3.05, 3.63) is 48.5 Å². The van der Waals surface area contributed by atoms with Crippen molar-refractivity contribution in [1.29, 1.82) is 1.43 Å². The highest BCUT2D eigenvalue weighted by Crippen LogP contribution is 2.51. The topological polar surface area (TPSA) is 46.5 Å². The van der Waals surface area contributed by atoms with Crippen LogP contribution in [0.2, 0.25) is 0 Å². The summed E-state index contributed by atoms with van der Waals surface area (Å²) in [5, 5.41) is 0.814. The van der Waals surface area contributed by atoms with Crippen LogP contribution in [0.15, 0.2) is 48.5 Å². The van der Waals surface area contributed by atoms with Crippen molar-refractivity contribution in [3.8, 4) is 16.9 Å². The maximum atomic E-state index is 12.4. The monoisotopic (exact) mass is 311 g/mol. The van der Waals surface area contributed by atoms with Crippen molar-refractivity contribution < 1.29 is 14.0 Å². The summed E-state index contributed by atoms with van der Waals surface area (Å²) in [6.07, 6.45) is 0. The molecule has 98 valence electrons. The molecule has 0 bridgehead atoms. The molecular weight excluding hydrogens is 298 g/mol. The van der Waals surface area contributed by atoms with Crippen molar-refractivity contribution >= 4 is 32.1 Å². The van der Waals surface area contributed by atoms with E-state index in [4.69, 9.17) is 5.95 Å². The van der Waals surface area contributed by atoms with E-state index >= 15 is 0 Å². The molecule has 2 aromatic rings. The van der Waals surface area contributed by atoms with Crippen molar-refractivity contribution in [2.75, 3.05) is 6.66 Å². The van der Waals surface area contributed by atoms with Gasteiger partial charge in [-0.3, -0.25) is 4.57 Å². The lowest BCUT2D eigenvalue weighted by Crippen LogP contribution is -2.16. The van der Waals surface area contributed by atoms with Gasteiger partial charge in [-0.25, -0.2) is 0 Å². The Kier molecular flexibility index (Phi) is 4.05. The van der Waals surface area contributed by atoms with Crippen LogP contribution in [0.1, 0.15) is 0 Å². The zero-order valence-corrected chi connectivity index (χ0v) is 12.8. The van der Waals surface area contributed by atoms with Crippen LogP contribution in [0.25, 0.3) is 11.1 Å². The summed E-state index contributed by atoms with van der Waals surface area (Å²) in [6.45, 7) is 1.67. The van der Waals surface area contributed by atoms with E-state index in [-0.39, 0.29) is 7.58 Å². The fraction of sp³-hybridized carbons (Fsp3) is 0.0769. The van der Waals surface area contributed by atoms with E-state index < -0.39 is 7.37 Å². The van der Waals surface area contributed by atoms with Gasteiger partial charge in [-0.05, 0) is 29.5 Å². The zero-order valence-electron chi connectivity index (χ0n) is 11.1. The Balaban J connectivity index is 0.000000328. The van der Waals surface area contributed by atoms with Crippen LogP contribution >= 0.6 is 15.0 Å². The Hall–Kier alpha value is -1.05. The van der Waals surface area contributed by atoms with Gasteiger partial charge in [-0.1, -0.05) is 36.4 Å². The third kappa shape index (κ3) is 2.93. The second kappa shape index (κ2) is 5.94. The first-order valence-electron chi connectivity index (χ1n) is 5.92. The Morgan fingerprint density at radius 3 is 2.47 bits per heavy atom. The number of hydrogen-bond donors (Lipinski definition) is 1. The highest BCUT2D eigenvalue weighted by atomic mass is 32.4. The molecule has 0 spiro atoms. The Bertz CT molecular complexity index is 678. The molecule has 0 aliphatic carbocycles. The number of para-hydroxylation sites is 1. The molecule has 3 rings (SSSR count). The summed E-state index contributed by atoms with van der Waals surface area (Å²) < 4.78 is 23.8. The highest BCUT2D eigenvalue weighted by molar-refractivity contribution is 7.94. The first-order chi connectivity index (χ1) is 9.60. The third-order valence-electron chi connectivity index (χ3n) is 2.79. The smallest absolute Gasteiger partial charge is 0.274 e. The molecule has 1 heterocycles. The number of hydrogen-bond acceptors (Lipinski definition) is 4. The van der Waals surface area contributed by atoms with Gasteiger partial charge in [0.1, 0.15) is 13.3 Å². The molecule has 2 aromatic carbocycles. The Labute approximate surface area is 120 Å². The summed E-state index contributed by atoms with van der Waals surface area (Å²) >= 11 is 4.12. The van der Waals surface area contributed by atoms with E-state index in [9.17, 15) is 4.57 Å². The largest absolute Gasteiger partial charge is 0.439 e. The molecule has 1 unspecified atom stereocenters. The first-order valence-corrected chi connectivity index (χ1v) is 9.41.